The Morgan fingerprint density at radius 1 is 0.828 bits per heavy atom. The lowest BCUT2D eigenvalue weighted by Gasteiger charge is -2.36. The summed E-state index contributed by atoms with van der Waals surface area (Å²) in [6.45, 7) is 15.2. The first kappa shape index (κ1) is 23.5. The van der Waals surface area contributed by atoms with E-state index in [1.54, 1.807) is 0 Å². The van der Waals surface area contributed by atoms with Gasteiger partial charge in [-0.1, -0.05) is 19.8 Å². The highest BCUT2D eigenvalue weighted by molar-refractivity contribution is 4.93. The van der Waals surface area contributed by atoms with Crippen LogP contribution in [-0.2, 0) is 0 Å². The average molecular weight is 409 g/mol. The quantitative estimate of drug-likeness (QED) is 0.590. The van der Waals surface area contributed by atoms with Gasteiger partial charge in [0.1, 0.15) is 0 Å². The van der Waals surface area contributed by atoms with E-state index in [1.165, 1.54) is 90.8 Å². The molecule has 3 N–H and O–H groups in total. The molecule has 0 aromatic carbocycles. The molecule has 1 spiro atoms. The maximum absolute atomic E-state index is 8.56. The van der Waals surface area contributed by atoms with Crippen molar-refractivity contribution in [2.45, 2.75) is 64.7 Å². The molecule has 0 atom stereocenters. The number of aliphatic hydroxyl groups excluding tert-OH is 1. The summed E-state index contributed by atoms with van der Waals surface area (Å²) in [4.78, 5) is 5.25. The predicted octanol–water partition coefficient (Wildman–Crippen LogP) is 2.55. The molecule has 3 aliphatic heterocycles. The minimum atomic E-state index is 0.339. The Kier molecular flexibility index (Phi) is 10.2. The van der Waals surface area contributed by atoms with E-state index in [4.69, 9.17) is 5.11 Å². The van der Waals surface area contributed by atoms with Crippen LogP contribution in [0.1, 0.15) is 64.7 Å². The molecule has 5 heteroatoms. The van der Waals surface area contributed by atoms with Crippen LogP contribution in [0.3, 0.4) is 0 Å². The number of unbranched alkanes of at least 4 members (excludes halogenated alkanes) is 1. The largest absolute Gasteiger partial charge is 0.396 e. The molecule has 29 heavy (non-hydrogen) atoms. The maximum atomic E-state index is 8.56. The summed E-state index contributed by atoms with van der Waals surface area (Å²) in [6, 6.07) is 0. The third-order valence-corrected chi connectivity index (χ3v) is 7.92. The van der Waals surface area contributed by atoms with Crippen molar-refractivity contribution in [3.63, 3.8) is 0 Å². The summed E-state index contributed by atoms with van der Waals surface area (Å²) in [6.07, 6.45) is 12.4. The SMILES string of the molecule is CC1CCC2(CC1)CCN(CC1CCNCC1)C2.OCCCCN1CCNCC1. The number of nitrogens with one attached hydrogen (secondary N) is 2. The van der Waals surface area contributed by atoms with Crippen LogP contribution < -0.4 is 10.6 Å². The van der Waals surface area contributed by atoms with Crippen molar-refractivity contribution in [3.8, 4) is 0 Å². The van der Waals surface area contributed by atoms with E-state index in [1.807, 2.05) is 0 Å². The van der Waals surface area contributed by atoms with E-state index >= 15 is 0 Å². The van der Waals surface area contributed by atoms with Gasteiger partial charge in [0, 0.05) is 45.9 Å². The first-order chi connectivity index (χ1) is 14.2. The molecule has 4 fully saturated rings. The molecule has 1 aliphatic carbocycles. The fourth-order valence-corrected chi connectivity index (χ4v) is 5.78. The fourth-order valence-electron chi connectivity index (χ4n) is 5.78. The summed E-state index contributed by atoms with van der Waals surface area (Å²) in [5.74, 6) is 1.97. The lowest BCUT2D eigenvalue weighted by atomic mass is 9.70. The van der Waals surface area contributed by atoms with Crippen molar-refractivity contribution >= 4 is 0 Å². The van der Waals surface area contributed by atoms with Gasteiger partial charge in [0.25, 0.3) is 0 Å². The minimum Gasteiger partial charge on any atom is -0.396 e. The van der Waals surface area contributed by atoms with Crippen molar-refractivity contribution in [2.75, 3.05) is 72.1 Å². The van der Waals surface area contributed by atoms with Crippen molar-refractivity contribution in [2.24, 2.45) is 17.3 Å². The van der Waals surface area contributed by atoms with Crippen LogP contribution in [0, 0.1) is 17.3 Å². The lowest BCUT2D eigenvalue weighted by molar-refractivity contribution is 0.147. The van der Waals surface area contributed by atoms with Crippen molar-refractivity contribution in [3.05, 3.63) is 0 Å². The van der Waals surface area contributed by atoms with E-state index in [-0.39, 0.29) is 0 Å². The molecule has 0 radical (unpaired) electrons. The second-order valence-electron chi connectivity index (χ2n) is 10.4. The maximum Gasteiger partial charge on any atom is 0.0431 e. The zero-order valence-electron chi connectivity index (χ0n) is 19.1. The molecule has 0 amide bonds. The van der Waals surface area contributed by atoms with Gasteiger partial charge >= 0.3 is 0 Å². The van der Waals surface area contributed by atoms with Crippen molar-refractivity contribution in [1.29, 1.82) is 0 Å². The Hall–Kier alpha value is -0.200. The van der Waals surface area contributed by atoms with Gasteiger partial charge in [0.05, 0.1) is 0 Å². The van der Waals surface area contributed by atoms with Gasteiger partial charge in [-0.05, 0) is 88.4 Å². The van der Waals surface area contributed by atoms with E-state index in [9.17, 15) is 0 Å². The fraction of sp³-hybridized carbons (Fsp3) is 1.00. The lowest BCUT2D eigenvalue weighted by Crippen LogP contribution is -2.43. The highest BCUT2D eigenvalue weighted by Gasteiger charge is 2.40. The monoisotopic (exact) mass is 408 g/mol. The van der Waals surface area contributed by atoms with Crippen molar-refractivity contribution < 1.29 is 5.11 Å². The first-order valence-electron chi connectivity index (χ1n) is 12.7. The summed E-state index contributed by atoms with van der Waals surface area (Å²) in [7, 11) is 0. The molecule has 5 nitrogen and oxygen atoms in total. The van der Waals surface area contributed by atoms with Gasteiger partial charge < -0.3 is 25.5 Å². The van der Waals surface area contributed by atoms with E-state index < -0.39 is 0 Å². The van der Waals surface area contributed by atoms with Crippen LogP contribution in [0.2, 0.25) is 0 Å². The number of piperidine rings is 1. The Balaban J connectivity index is 0.000000188. The molecule has 4 rings (SSSR count). The Morgan fingerprint density at radius 2 is 1.52 bits per heavy atom. The van der Waals surface area contributed by atoms with Gasteiger partial charge in [-0.2, -0.15) is 0 Å². The summed E-state index contributed by atoms with van der Waals surface area (Å²) in [5.41, 5.74) is 0.736. The number of hydrogen-bond donors (Lipinski definition) is 3. The number of nitrogens with zero attached hydrogens (tertiary/aromatic N) is 2. The van der Waals surface area contributed by atoms with Gasteiger partial charge in [-0.25, -0.2) is 0 Å². The van der Waals surface area contributed by atoms with Crippen LogP contribution in [0.15, 0.2) is 0 Å². The van der Waals surface area contributed by atoms with Crippen LogP contribution in [-0.4, -0.2) is 87.0 Å². The van der Waals surface area contributed by atoms with Crippen molar-refractivity contribution in [1.82, 2.24) is 20.4 Å². The van der Waals surface area contributed by atoms with Crippen LogP contribution in [0.25, 0.3) is 0 Å². The van der Waals surface area contributed by atoms with Gasteiger partial charge in [-0.3, -0.25) is 0 Å². The second-order valence-corrected chi connectivity index (χ2v) is 10.4. The number of hydrogen-bond acceptors (Lipinski definition) is 5. The Morgan fingerprint density at radius 3 is 2.21 bits per heavy atom. The van der Waals surface area contributed by atoms with Gasteiger partial charge in [-0.15, -0.1) is 0 Å². The standard InChI is InChI=1S/C16H30N2.C8H18N2O/c1-14-2-6-16(7-3-14)8-11-18(13-16)12-15-4-9-17-10-5-15;11-8-2-1-5-10-6-3-9-4-7-10/h14-15,17H,2-13H2,1H3;9,11H,1-8H2. The molecule has 170 valence electrons. The number of rotatable bonds is 6. The van der Waals surface area contributed by atoms with Gasteiger partial charge in [0.2, 0.25) is 0 Å². The van der Waals surface area contributed by atoms with Gasteiger partial charge in [0.15, 0.2) is 0 Å². The molecule has 3 heterocycles. The van der Waals surface area contributed by atoms with E-state index in [0.29, 0.717) is 6.61 Å². The molecular weight excluding hydrogens is 360 g/mol. The smallest absolute Gasteiger partial charge is 0.0431 e. The highest BCUT2D eigenvalue weighted by Crippen LogP contribution is 2.45. The van der Waals surface area contributed by atoms with Crippen LogP contribution in [0.5, 0.6) is 0 Å². The molecule has 0 aromatic rings. The number of piperazine rings is 1. The first-order valence-corrected chi connectivity index (χ1v) is 12.7. The predicted molar refractivity (Wildman–Crippen MR) is 122 cm³/mol. The number of likely N-dealkylation sites (tertiary alicyclic amines) is 1. The zero-order chi connectivity index (χ0) is 20.4. The summed E-state index contributed by atoms with van der Waals surface area (Å²) >= 11 is 0. The molecule has 3 saturated heterocycles. The van der Waals surface area contributed by atoms with Crippen LogP contribution >= 0.6 is 0 Å². The summed E-state index contributed by atoms with van der Waals surface area (Å²) < 4.78 is 0. The third-order valence-electron chi connectivity index (χ3n) is 7.92. The molecular formula is C24H48N4O. The van der Waals surface area contributed by atoms with Crippen LogP contribution in [0.4, 0.5) is 0 Å². The second kappa shape index (κ2) is 12.6. The third kappa shape index (κ3) is 8.10. The Labute approximate surface area is 180 Å². The summed E-state index contributed by atoms with van der Waals surface area (Å²) in [5, 5.41) is 15.4. The van der Waals surface area contributed by atoms with E-state index in [2.05, 4.69) is 27.4 Å². The average Bonchev–Trinajstić information content (AvgIpc) is 3.15. The molecule has 0 unspecified atom stereocenters. The Bertz CT molecular complexity index is 427. The van der Waals surface area contributed by atoms with E-state index in [0.717, 1.165) is 49.7 Å². The normalized spacial score (nSPS) is 32.3. The molecule has 4 aliphatic rings. The zero-order valence-corrected chi connectivity index (χ0v) is 19.1. The molecule has 0 aromatic heterocycles. The topological polar surface area (TPSA) is 50.8 Å². The molecule has 0 bridgehead atoms. The number of aliphatic hydroxyl groups is 1. The minimum absolute atomic E-state index is 0.339. The highest BCUT2D eigenvalue weighted by atomic mass is 16.2. The molecule has 1 saturated carbocycles.